The highest BCUT2D eigenvalue weighted by molar-refractivity contribution is 5.91. The summed E-state index contributed by atoms with van der Waals surface area (Å²) < 4.78 is 5.37. The lowest BCUT2D eigenvalue weighted by Crippen LogP contribution is -2.16. The predicted molar refractivity (Wildman–Crippen MR) is 82.5 cm³/mol. The molecule has 110 valence electrons. The highest BCUT2D eigenvalue weighted by atomic mass is 16.5. The van der Waals surface area contributed by atoms with Crippen molar-refractivity contribution in [3.63, 3.8) is 0 Å². The van der Waals surface area contributed by atoms with Gasteiger partial charge in [-0.25, -0.2) is 4.79 Å². The summed E-state index contributed by atoms with van der Waals surface area (Å²) in [6.07, 6.45) is 0. The summed E-state index contributed by atoms with van der Waals surface area (Å²) in [4.78, 5) is 12.2. The van der Waals surface area contributed by atoms with Crippen molar-refractivity contribution in [3.8, 4) is 0 Å². The van der Waals surface area contributed by atoms with Gasteiger partial charge in [0.25, 0.3) is 0 Å². The van der Waals surface area contributed by atoms with Crippen LogP contribution in [0.4, 0.5) is 0 Å². The van der Waals surface area contributed by atoms with Crippen LogP contribution in [0.3, 0.4) is 0 Å². The first-order valence-electron chi connectivity index (χ1n) is 7.02. The summed E-state index contributed by atoms with van der Waals surface area (Å²) in [6.45, 7) is 4.00. The molecule has 0 saturated carbocycles. The molecule has 1 atom stereocenters. The molecule has 2 rings (SSSR count). The molecule has 0 amide bonds. The van der Waals surface area contributed by atoms with Crippen LogP contribution < -0.4 is 0 Å². The minimum atomic E-state index is -0.342. The van der Waals surface area contributed by atoms with Crippen LogP contribution in [0.1, 0.15) is 33.0 Å². The van der Waals surface area contributed by atoms with Crippen LogP contribution >= 0.6 is 0 Å². The number of carbonyl (C=O) groups excluding carboxylic acids is 1. The number of benzene rings is 2. The third-order valence-electron chi connectivity index (χ3n) is 3.73. The third kappa shape index (κ3) is 3.70. The molecule has 0 aliphatic carbocycles. The maximum absolute atomic E-state index is 12.2. The predicted octanol–water partition coefficient (Wildman–Crippen LogP) is 3.24. The maximum atomic E-state index is 12.2. The molecule has 2 aromatic rings. The Balaban J connectivity index is 2.05. The van der Waals surface area contributed by atoms with E-state index in [4.69, 9.17) is 4.74 Å². The van der Waals surface area contributed by atoms with Gasteiger partial charge in [-0.2, -0.15) is 0 Å². The molecule has 0 spiro atoms. The summed E-state index contributed by atoms with van der Waals surface area (Å²) in [5.41, 5.74) is 3.54. The highest BCUT2D eigenvalue weighted by Crippen LogP contribution is 2.18. The molecule has 0 aliphatic rings. The Morgan fingerprint density at radius 3 is 2.48 bits per heavy atom. The van der Waals surface area contributed by atoms with Crippen molar-refractivity contribution >= 4 is 5.97 Å². The summed E-state index contributed by atoms with van der Waals surface area (Å²) in [5, 5.41) is 9.47. The van der Waals surface area contributed by atoms with Crippen LogP contribution in [-0.2, 0) is 4.74 Å². The fraction of sp³-hybridized carbons (Fsp3) is 0.278. The van der Waals surface area contributed by atoms with E-state index in [0.717, 1.165) is 16.7 Å². The second-order valence-corrected chi connectivity index (χ2v) is 5.14. The Morgan fingerprint density at radius 1 is 1.10 bits per heavy atom. The third-order valence-corrected chi connectivity index (χ3v) is 3.73. The molecule has 21 heavy (non-hydrogen) atoms. The molecule has 0 aliphatic heterocycles. The van der Waals surface area contributed by atoms with Gasteiger partial charge in [0.1, 0.15) is 6.61 Å². The SMILES string of the molecule is Cc1cccc(C(=O)OCC(CO)c2ccccc2)c1C. The monoisotopic (exact) mass is 284 g/mol. The zero-order valence-corrected chi connectivity index (χ0v) is 12.4. The van der Waals surface area contributed by atoms with Crippen LogP contribution in [0, 0.1) is 13.8 Å². The van der Waals surface area contributed by atoms with Crippen molar-refractivity contribution < 1.29 is 14.6 Å². The highest BCUT2D eigenvalue weighted by Gasteiger charge is 2.16. The van der Waals surface area contributed by atoms with Crippen molar-refractivity contribution in [2.45, 2.75) is 19.8 Å². The van der Waals surface area contributed by atoms with Gasteiger partial charge in [-0.15, -0.1) is 0 Å². The number of aliphatic hydroxyl groups is 1. The number of aliphatic hydroxyl groups excluding tert-OH is 1. The molecule has 0 heterocycles. The van der Waals surface area contributed by atoms with E-state index in [9.17, 15) is 9.90 Å². The number of carbonyl (C=O) groups is 1. The molecule has 2 aromatic carbocycles. The van der Waals surface area contributed by atoms with Crippen molar-refractivity contribution in [2.24, 2.45) is 0 Å². The maximum Gasteiger partial charge on any atom is 0.338 e. The fourth-order valence-electron chi connectivity index (χ4n) is 2.21. The lowest BCUT2D eigenvalue weighted by molar-refractivity contribution is 0.0449. The van der Waals surface area contributed by atoms with Gasteiger partial charge in [0.15, 0.2) is 0 Å². The number of esters is 1. The van der Waals surface area contributed by atoms with Gasteiger partial charge in [0.2, 0.25) is 0 Å². The van der Waals surface area contributed by atoms with Crippen LogP contribution in [0.5, 0.6) is 0 Å². The van der Waals surface area contributed by atoms with Gasteiger partial charge in [-0.05, 0) is 36.6 Å². The molecule has 3 heteroatoms. The van der Waals surface area contributed by atoms with Crippen molar-refractivity contribution in [1.29, 1.82) is 0 Å². The van der Waals surface area contributed by atoms with Crippen molar-refractivity contribution in [2.75, 3.05) is 13.2 Å². The van der Waals surface area contributed by atoms with E-state index >= 15 is 0 Å². The van der Waals surface area contributed by atoms with Gasteiger partial charge in [0, 0.05) is 5.92 Å². The smallest absolute Gasteiger partial charge is 0.338 e. The van der Waals surface area contributed by atoms with E-state index in [1.807, 2.05) is 56.3 Å². The van der Waals surface area contributed by atoms with Crippen LogP contribution in [0.25, 0.3) is 0 Å². The van der Waals surface area contributed by atoms with Crippen molar-refractivity contribution in [1.82, 2.24) is 0 Å². The second kappa shape index (κ2) is 7.04. The molecule has 0 bridgehead atoms. The fourth-order valence-corrected chi connectivity index (χ4v) is 2.21. The van der Waals surface area contributed by atoms with Gasteiger partial charge in [-0.1, -0.05) is 42.5 Å². The average Bonchev–Trinajstić information content (AvgIpc) is 2.51. The Kier molecular flexibility index (Phi) is 5.12. The first-order chi connectivity index (χ1) is 10.1. The Morgan fingerprint density at radius 2 is 1.81 bits per heavy atom. The Bertz CT molecular complexity index is 605. The lowest BCUT2D eigenvalue weighted by Gasteiger charge is -2.15. The standard InChI is InChI=1S/C18H20O3/c1-13-7-6-10-17(14(13)2)18(20)21-12-16(11-19)15-8-4-3-5-9-15/h3-10,16,19H,11-12H2,1-2H3. The summed E-state index contributed by atoms with van der Waals surface area (Å²) >= 11 is 0. The molecule has 0 radical (unpaired) electrons. The summed E-state index contributed by atoms with van der Waals surface area (Å²) in [5.74, 6) is -0.536. The van der Waals surface area contributed by atoms with E-state index in [-0.39, 0.29) is 25.1 Å². The van der Waals surface area contributed by atoms with Crippen LogP contribution in [-0.4, -0.2) is 24.3 Å². The number of rotatable bonds is 5. The molecule has 0 aromatic heterocycles. The van der Waals surface area contributed by atoms with E-state index in [1.165, 1.54) is 0 Å². The second-order valence-electron chi connectivity index (χ2n) is 5.14. The minimum Gasteiger partial charge on any atom is -0.461 e. The number of hydrogen-bond donors (Lipinski definition) is 1. The molecule has 1 N–H and O–H groups in total. The number of aryl methyl sites for hydroxylation is 1. The first-order valence-corrected chi connectivity index (χ1v) is 7.02. The van der Waals surface area contributed by atoms with Crippen LogP contribution in [0.2, 0.25) is 0 Å². The average molecular weight is 284 g/mol. The van der Waals surface area contributed by atoms with E-state index in [2.05, 4.69) is 0 Å². The van der Waals surface area contributed by atoms with Gasteiger partial charge in [-0.3, -0.25) is 0 Å². The van der Waals surface area contributed by atoms with Gasteiger partial charge in [0.05, 0.1) is 12.2 Å². The summed E-state index contributed by atoms with van der Waals surface area (Å²) in [7, 11) is 0. The first kappa shape index (κ1) is 15.3. The quantitative estimate of drug-likeness (QED) is 0.857. The van der Waals surface area contributed by atoms with Gasteiger partial charge >= 0.3 is 5.97 Å². The van der Waals surface area contributed by atoms with Gasteiger partial charge < -0.3 is 9.84 Å². The largest absolute Gasteiger partial charge is 0.461 e. The molecule has 0 saturated heterocycles. The molecular weight excluding hydrogens is 264 g/mol. The number of ether oxygens (including phenoxy) is 1. The topological polar surface area (TPSA) is 46.5 Å². The van der Waals surface area contributed by atoms with E-state index < -0.39 is 0 Å². The van der Waals surface area contributed by atoms with E-state index in [0.29, 0.717) is 5.56 Å². The molecule has 1 unspecified atom stereocenters. The van der Waals surface area contributed by atoms with Crippen molar-refractivity contribution in [3.05, 3.63) is 70.8 Å². The molecule has 0 fully saturated rings. The summed E-state index contributed by atoms with van der Waals surface area (Å²) in [6, 6.07) is 15.2. The zero-order chi connectivity index (χ0) is 15.2. The normalized spacial score (nSPS) is 12.0. The van der Waals surface area contributed by atoms with E-state index in [1.54, 1.807) is 6.07 Å². The molecular formula is C18H20O3. The lowest BCUT2D eigenvalue weighted by atomic mass is 10.0. The Hall–Kier alpha value is -2.13. The van der Waals surface area contributed by atoms with Crippen LogP contribution in [0.15, 0.2) is 48.5 Å². The zero-order valence-electron chi connectivity index (χ0n) is 12.4. The minimum absolute atomic E-state index is 0.0515. The Labute approximate surface area is 125 Å². The number of hydrogen-bond acceptors (Lipinski definition) is 3. The molecule has 3 nitrogen and oxygen atoms in total.